The number of H-pyrrole nitrogens is 3. The number of nitrogens with zero attached hydrogens (tertiary/aromatic N) is 6. The third-order valence-electron chi connectivity index (χ3n) is 5.38. The summed E-state index contributed by atoms with van der Waals surface area (Å²) < 4.78 is 4.68. The van der Waals surface area contributed by atoms with Crippen molar-refractivity contribution in [2.75, 3.05) is 7.11 Å². The van der Waals surface area contributed by atoms with Crippen LogP contribution in [0.15, 0.2) is 30.3 Å². The minimum absolute atomic E-state index is 0.325. The van der Waals surface area contributed by atoms with Crippen LogP contribution in [-0.4, -0.2) is 52.7 Å². The molecule has 0 radical (unpaired) electrons. The summed E-state index contributed by atoms with van der Waals surface area (Å²) >= 11 is 16.7. The molecule has 10 nitrogen and oxygen atoms in total. The van der Waals surface area contributed by atoms with Gasteiger partial charge in [-0.25, -0.2) is 9.97 Å². The number of hydrogen-bond acceptors (Lipinski definition) is 7. The van der Waals surface area contributed by atoms with Gasteiger partial charge in [-0.1, -0.05) is 49.6 Å². The number of aromatic amines is 3. The number of ether oxygens (including phenoxy) is 1. The number of benzene rings is 1. The number of hydrogen-bond donors (Lipinski definition) is 3. The lowest BCUT2D eigenvalue weighted by Gasteiger charge is -2.17. The van der Waals surface area contributed by atoms with Crippen molar-refractivity contribution in [1.29, 1.82) is 0 Å². The molecule has 0 saturated heterocycles. The highest BCUT2D eigenvalue weighted by Crippen LogP contribution is 2.30. The van der Waals surface area contributed by atoms with Crippen molar-refractivity contribution < 1.29 is 4.74 Å². The highest BCUT2D eigenvalue weighted by atomic mass is 35.5. The van der Waals surface area contributed by atoms with Crippen LogP contribution < -0.4 is 4.74 Å². The Kier molecular flexibility index (Phi) is 12.0. The molecule has 1 fully saturated rings. The lowest BCUT2D eigenvalue weighted by molar-refractivity contribution is 0.381. The standard InChI is InChI=1S/C10H10ClN3.C9H14ClN3.C4H6ClN3O/c11-7-10-12-9(13-14-10)6-8-4-2-1-3-5-8;10-6-8-11-9(13-12-8)7-4-2-1-3-5-7;1-9-4-6-3(2-5)7-8-4/h1-5H,6-7H2,(H,12,13,14);7H,1-6H2,(H,11,12,13);2H2,1H3,(H,6,7,8). The maximum Gasteiger partial charge on any atom is 0.335 e. The fourth-order valence-corrected chi connectivity index (χ4v) is 3.96. The molecule has 1 saturated carbocycles. The largest absolute Gasteiger partial charge is 0.466 e. The van der Waals surface area contributed by atoms with Crippen LogP contribution in [0.3, 0.4) is 0 Å². The Labute approximate surface area is 224 Å². The van der Waals surface area contributed by atoms with E-state index in [1.54, 1.807) is 0 Å². The minimum atomic E-state index is 0.325. The molecule has 0 amide bonds. The van der Waals surface area contributed by atoms with Gasteiger partial charge in [-0.2, -0.15) is 15.2 Å². The summed E-state index contributed by atoms with van der Waals surface area (Å²) in [5.74, 6) is 5.57. The molecule has 1 aliphatic carbocycles. The zero-order valence-electron chi connectivity index (χ0n) is 20.1. The molecule has 3 heterocycles. The SMILES string of the molecule is COc1n[nH]c(CCl)n1.ClCc1n[nH]c(Cc2ccccc2)n1.ClCc1nc(C2CCCCC2)n[nH]1. The monoisotopic (exact) mass is 553 g/mol. The summed E-state index contributed by atoms with van der Waals surface area (Å²) in [5, 5.41) is 20.1. The summed E-state index contributed by atoms with van der Waals surface area (Å²) in [6, 6.07) is 10.5. The van der Waals surface area contributed by atoms with Crippen LogP contribution in [0.5, 0.6) is 6.01 Å². The molecular formula is C23H30Cl3N9O. The summed E-state index contributed by atoms with van der Waals surface area (Å²) in [4.78, 5) is 12.4. The fraction of sp³-hybridized carbons (Fsp3) is 0.478. The third kappa shape index (κ3) is 9.07. The molecule has 3 N–H and O–H groups in total. The molecule has 1 aliphatic rings. The molecule has 36 heavy (non-hydrogen) atoms. The summed E-state index contributed by atoms with van der Waals surface area (Å²) in [5.41, 5.74) is 1.21. The smallest absolute Gasteiger partial charge is 0.335 e. The van der Waals surface area contributed by atoms with Gasteiger partial charge in [0.1, 0.15) is 17.5 Å². The molecule has 1 aromatic carbocycles. The lowest BCUT2D eigenvalue weighted by Crippen LogP contribution is -2.06. The van der Waals surface area contributed by atoms with Gasteiger partial charge >= 0.3 is 6.01 Å². The van der Waals surface area contributed by atoms with E-state index < -0.39 is 0 Å². The molecule has 0 atom stereocenters. The zero-order chi connectivity index (χ0) is 25.6. The van der Waals surface area contributed by atoms with E-state index >= 15 is 0 Å². The van der Waals surface area contributed by atoms with Crippen molar-refractivity contribution in [1.82, 2.24) is 45.5 Å². The summed E-state index contributed by atoms with van der Waals surface area (Å²) in [6.07, 6.45) is 7.23. The molecular weight excluding hydrogens is 525 g/mol. The van der Waals surface area contributed by atoms with Crippen LogP contribution in [0, 0.1) is 0 Å². The van der Waals surface area contributed by atoms with E-state index in [4.69, 9.17) is 34.8 Å². The number of methoxy groups -OCH3 is 1. The van der Waals surface area contributed by atoms with Gasteiger partial charge in [-0.3, -0.25) is 15.3 Å². The molecule has 0 spiro atoms. The second-order valence-corrected chi connectivity index (χ2v) is 8.81. The van der Waals surface area contributed by atoms with Gasteiger partial charge in [0.05, 0.1) is 24.7 Å². The van der Waals surface area contributed by atoms with Crippen LogP contribution >= 0.6 is 34.8 Å². The second kappa shape index (κ2) is 15.4. The van der Waals surface area contributed by atoms with Gasteiger partial charge in [-0.05, 0) is 18.4 Å². The molecule has 0 bridgehead atoms. The maximum atomic E-state index is 5.65. The highest BCUT2D eigenvalue weighted by Gasteiger charge is 2.19. The Bertz CT molecular complexity index is 1110. The van der Waals surface area contributed by atoms with E-state index in [1.807, 2.05) is 18.2 Å². The number of halogens is 3. The van der Waals surface area contributed by atoms with Crippen LogP contribution in [0.25, 0.3) is 0 Å². The van der Waals surface area contributed by atoms with Gasteiger partial charge < -0.3 is 4.74 Å². The second-order valence-electron chi connectivity index (χ2n) is 8.01. The normalized spacial score (nSPS) is 13.3. The average Bonchev–Trinajstić information content (AvgIpc) is 3.71. The molecule has 0 unspecified atom stereocenters. The quantitative estimate of drug-likeness (QED) is 0.265. The van der Waals surface area contributed by atoms with Crippen LogP contribution in [-0.2, 0) is 24.1 Å². The number of aromatic nitrogens is 9. The van der Waals surface area contributed by atoms with Crippen molar-refractivity contribution in [2.24, 2.45) is 0 Å². The third-order valence-corrected chi connectivity index (χ3v) is 6.12. The molecule has 3 aromatic heterocycles. The first-order chi connectivity index (χ1) is 17.6. The molecule has 194 valence electrons. The van der Waals surface area contributed by atoms with Gasteiger partial charge in [0.25, 0.3) is 0 Å². The fourth-order valence-electron chi connectivity index (χ4n) is 3.60. The highest BCUT2D eigenvalue weighted by molar-refractivity contribution is 6.17. The van der Waals surface area contributed by atoms with Crippen molar-refractivity contribution in [3.8, 4) is 6.01 Å². The maximum absolute atomic E-state index is 5.65. The number of nitrogens with one attached hydrogen (secondary N) is 3. The van der Waals surface area contributed by atoms with E-state index in [2.05, 4.69) is 62.4 Å². The van der Waals surface area contributed by atoms with Crippen molar-refractivity contribution in [2.45, 2.75) is 62.1 Å². The summed E-state index contributed by atoms with van der Waals surface area (Å²) in [6.45, 7) is 0. The Balaban J connectivity index is 0.000000154. The van der Waals surface area contributed by atoms with E-state index in [0.29, 0.717) is 41.2 Å². The summed E-state index contributed by atoms with van der Waals surface area (Å²) in [7, 11) is 1.50. The molecule has 4 aromatic rings. The zero-order valence-corrected chi connectivity index (χ0v) is 22.3. The Morgan fingerprint density at radius 1 is 0.778 bits per heavy atom. The van der Waals surface area contributed by atoms with Gasteiger partial charge in [0.2, 0.25) is 0 Å². The van der Waals surface area contributed by atoms with Gasteiger partial charge in [0.15, 0.2) is 11.6 Å². The average molecular weight is 555 g/mol. The first-order valence-electron chi connectivity index (χ1n) is 11.6. The number of alkyl halides is 3. The first-order valence-corrected chi connectivity index (χ1v) is 13.2. The Hall–Kier alpha value is -2.69. The van der Waals surface area contributed by atoms with Crippen LogP contribution in [0.4, 0.5) is 0 Å². The van der Waals surface area contributed by atoms with Gasteiger partial charge in [0, 0.05) is 12.3 Å². The van der Waals surface area contributed by atoms with Crippen molar-refractivity contribution >= 4 is 34.8 Å². The van der Waals surface area contributed by atoms with Crippen LogP contribution in [0.1, 0.15) is 72.7 Å². The van der Waals surface area contributed by atoms with E-state index in [9.17, 15) is 0 Å². The number of rotatable bonds is 7. The molecule has 13 heteroatoms. The van der Waals surface area contributed by atoms with E-state index in [0.717, 1.165) is 23.9 Å². The van der Waals surface area contributed by atoms with Crippen molar-refractivity contribution in [3.05, 3.63) is 65.0 Å². The Morgan fingerprint density at radius 3 is 2.00 bits per heavy atom. The first kappa shape index (κ1) is 27.9. The van der Waals surface area contributed by atoms with Crippen molar-refractivity contribution in [3.63, 3.8) is 0 Å². The van der Waals surface area contributed by atoms with Crippen LogP contribution in [0.2, 0.25) is 0 Å². The Morgan fingerprint density at radius 2 is 1.44 bits per heavy atom. The van der Waals surface area contributed by atoms with E-state index in [-0.39, 0.29) is 0 Å². The van der Waals surface area contributed by atoms with E-state index in [1.165, 1.54) is 44.8 Å². The predicted molar refractivity (Wildman–Crippen MR) is 139 cm³/mol. The van der Waals surface area contributed by atoms with Gasteiger partial charge in [-0.15, -0.1) is 39.9 Å². The predicted octanol–water partition coefficient (Wildman–Crippen LogP) is 5.28. The molecule has 5 rings (SSSR count). The topological polar surface area (TPSA) is 134 Å². The molecule has 0 aliphatic heterocycles. The lowest BCUT2D eigenvalue weighted by atomic mass is 9.89. The minimum Gasteiger partial charge on any atom is -0.466 e.